The van der Waals surface area contributed by atoms with Crippen molar-refractivity contribution in [3.8, 4) is 0 Å². The number of carboxylic acids is 1. The fourth-order valence-corrected chi connectivity index (χ4v) is 2.50. The molecule has 1 unspecified atom stereocenters. The van der Waals surface area contributed by atoms with Crippen LogP contribution in [-0.2, 0) is 19.2 Å². The number of carboxylic acid groups (broad SMARTS) is 1. The van der Waals surface area contributed by atoms with Crippen LogP contribution in [0.3, 0.4) is 0 Å². The Morgan fingerprint density at radius 1 is 1.07 bits per heavy atom. The summed E-state index contributed by atoms with van der Waals surface area (Å²) >= 11 is 0. The van der Waals surface area contributed by atoms with Crippen molar-refractivity contribution in [3.05, 3.63) is 35.4 Å². The number of hydrogen-bond acceptors (Lipinski definition) is 6. The molecule has 27 heavy (non-hydrogen) atoms. The minimum atomic E-state index is -1.09. The molecule has 0 spiro atoms. The van der Waals surface area contributed by atoms with Crippen LogP contribution in [0.25, 0.3) is 0 Å². The maximum absolute atomic E-state index is 12.1. The van der Waals surface area contributed by atoms with Gasteiger partial charge in [-0.25, -0.2) is 4.79 Å². The number of carbonyl (C=O) groups excluding carboxylic acids is 3. The SMILES string of the molecule is CC(C)C(NC(=O)CCOCCON1C(=O)c2ccccc2C1=O)C(=O)O. The molecule has 3 amide bonds. The van der Waals surface area contributed by atoms with E-state index in [-0.39, 0.29) is 32.2 Å². The number of nitrogens with zero attached hydrogens (tertiary/aromatic N) is 1. The first-order chi connectivity index (χ1) is 12.8. The van der Waals surface area contributed by atoms with E-state index in [9.17, 15) is 19.2 Å². The van der Waals surface area contributed by atoms with Gasteiger partial charge in [-0.1, -0.05) is 26.0 Å². The number of ether oxygens (including phenoxy) is 1. The van der Waals surface area contributed by atoms with Gasteiger partial charge in [0.1, 0.15) is 6.04 Å². The summed E-state index contributed by atoms with van der Waals surface area (Å²) in [4.78, 5) is 52.1. The first kappa shape index (κ1) is 20.5. The van der Waals surface area contributed by atoms with Crippen molar-refractivity contribution < 1.29 is 33.9 Å². The van der Waals surface area contributed by atoms with Gasteiger partial charge in [0.2, 0.25) is 5.91 Å². The molecule has 1 heterocycles. The molecule has 0 fully saturated rings. The van der Waals surface area contributed by atoms with Gasteiger partial charge in [0.05, 0.1) is 30.9 Å². The highest BCUT2D eigenvalue weighted by Crippen LogP contribution is 2.22. The van der Waals surface area contributed by atoms with Crippen molar-refractivity contribution in [2.75, 3.05) is 19.8 Å². The average molecular weight is 378 g/mol. The molecule has 0 saturated heterocycles. The monoisotopic (exact) mass is 378 g/mol. The average Bonchev–Trinajstić information content (AvgIpc) is 2.87. The molecular formula is C18H22N2O7. The highest BCUT2D eigenvalue weighted by molar-refractivity contribution is 6.20. The highest BCUT2D eigenvalue weighted by atomic mass is 16.7. The van der Waals surface area contributed by atoms with Crippen LogP contribution < -0.4 is 5.32 Å². The molecule has 2 rings (SSSR count). The number of aliphatic carboxylic acids is 1. The Labute approximate surface area is 156 Å². The van der Waals surface area contributed by atoms with Crippen LogP contribution in [0.15, 0.2) is 24.3 Å². The maximum atomic E-state index is 12.1. The first-order valence-corrected chi connectivity index (χ1v) is 8.53. The molecule has 0 bridgehead atoms. The molecule has 0 saturated carbocycles. The summed E-state index contributed by atoms with van der Waals surface area (Å²) in [6.07, 6.45) is -0.0104. The van der Waals surface area contributed by atoms with Crippen molar-refractivity contribution in [2.24, 2.45) is 5.92 Å². The maximum Gasteiger partial charge on any atom is 0.326 e. The Bertz CT molecular complexity index is 697. The van der Waals surface area contributed by atoms with Crippen LogP contribution in [-0.4, -0.2) is 59.7 Å². The normalized spacial score (nSPS) is 14.4. The third kappa shape index (κ3) is 5.11. The first-order valence-electron chi connectivity index (χ1n) is 8.53. The fraction of sp³-hybridized carbons (Fsp3) is 0.444. The summed E-state index contributed by atoms with van der Waals surface area (Å²) < 4.78 is 5.23. The van der Waals surface area contributed by atoms with Crippen molar-refractivity contribution in [1.82, 2.24) is 10.4 Å². The molecule has 2 N–H and O–H groups in total. The van der Waals surface area contributed by atoms with Crippen molar-refractivity contribution in [3.63, 3.8) is 0 Å². The van der Waals surface area contributed by atoms with E-state index < -0.39 is 29.7 Å². The van der Waals surface area contributed by atoms with Crippen molar-refractivity contribution in [1.29, 1.82) is 0 Å². The van der Waals surface area contributed by atoms with Gasteiger partial charge in [-0.3, -0.25) is 19.2 Å². The van der Waals surface area contributed by atoms with E-state index in [0.29, 0.717) is 16.2 Å². The van der Waals surface area contributed by atoms with E-state index in [0.717, 1.165) is 0 Å². The van der Waals surface area contributed by atoms with E-state index in [1.54, 1.807) is 38.1 Å². The van der Waals surface area contributed by atoms with Gasteiger partial charge in [-0.2, -0.15) is 0 Å². The molecule has 0 radical (unpaired) electrons. The number of imide groups is 1. The predicted octanol–water partition coefficient (Wildman–Crippen LogP) is 0.846. The van der Waals surface area contributed by atoms with Gasteiger partial charge in [0, 0.05) is 6.42 Å². The van der Waals surface area contributed by atoms with Gasteiger partial charge >= 0.3 is 5.97 Å². The summed E-state index contributed by atoms with van der Waals surface area (Å²) in [6.45, 7) is 3.48. The molecule has 9 heteroatoms. The van der Waals surface area contributed by atoms with Crippen molar-refractivity contribution in [2.45, 2.75) is 26.3 Å². The standard InChI is InChI=1S/C18H22N2O7/c1-11(2)15(18(24)25)19-14(21)7-8-26-9-10-27-20-16(22)12-5-3-4-6-13(12)17(20)23/h3-6,11,15H,7-10H2,1-2H3,(H,19,21)(H,24,25). The zero-order chi connectivity index (χ0) is 20.0. The second kappa shape index (κ2) is 9.24. The Morgan fingerprint density at radius 2 is 1.67 bits per heavy atom. The highest BCUT2D eigenvalue weighted by Gasteiger charge is 2.36. The zero-order valence-corrected chi connectivity index (χ0v) is 15.1. The van der Waals surface area contributed by atoms with Crippen LogP contribution in [0.5, 0.6) is 0 Å². The quantitative estimate of drug-likeness (QED) is 0.457. The summed E-state index contributed by atoms with van der Waals surface area (Å²) in [5.41, 5.74) is 0.580. The third-order valence-electron chi connectivity index (χ3n) is 3.93. The predicted molar refractivity (Wildman–Crippen MR) is 92.7 cm³/mol. The summed E-state index contributed by atoms with van der Waals surface area (Å²) in [5, 5.41) is 12.1. The van der Waals surface area contributed by atoms with Gasteiger partial charge in [0.15, 0.2) is 0 Å². The van der Waals surface area contributed by atoms with Gasteiger partial charge in [-0.15, -0.1) is 5.06 Å². The number of carbonyl (C=O) groups is 4. The van der Waals surface area contributed by atoms with Crippen LogP contribution in [0, 0.1) is 5.92 Å². The largest absolute Gasteiger partial charge is 0.480 e. The van der Waals surface area contributed by atoms with Crippen LogP contribution >= 0.6 is 0 Å². The van der Waals surface area contributed by atoms with E-state index in [2.05, 4.69) is 5.32 Å². The number of amides is 3. The topological polar surface area (TPSA) is 122 Å². The number of rotatable bonds is 10. The lowest BCUT2D eigenvalue weighted by Crippen LogP contribution is -2.44. The lowest BCUT2D eigenvalue weighted by Gasteiger charge is -2.17. The molecule has 1 aliphatic heterocycles. The summed E-state index contributed by atoms with van der Waals surface area (Å²) in [6, 6.07) is 5.48. The summed E-state index contributed by atoms with van der Waals surface area (Å²) in [5.74, 6) is -2.81. The number of nitrogens with one attached hydrogen (secondary N) is 1. The third-order valence-corrected chi connectivity index (χ3v) is 3.93. The van der Waals surface area contributed by atoms with E-state index in [4.69, 9.17) is 14.7 Å². The lowest BCUT2D eigenvalue weighted by molar-refractivity contribution is -0.143. The molecule has 0 aromatic heterocycles. The summed E-state index contributed by atoms with van der Waals surface area (Å²) in [7, 11) is 0. The van der Waals surface area contributed by atoms with E-state index >= 15 is 0 Å². The van der Waals surface area contributed by atoms with E-state index in [1.165, 1.54) is 0 Å². The molecule has 1 aliphatic rings. The Hall–Kier alpha value is -2.78. The molecule has 9 nitrogen and oxygen atoms in total. The van der Waals surface area contributed by atoms with Crippen molar-refractivity contribution >= 4 is 23.7 Å². The Balaban J connectivity index is 1.66. The molecule has 146 valence electrons. The number of fused-ring (bicyclic) bond motifs is 1. The minimum absolute atomic E-state index is 0.0104. The zero-order valence-electron chi connectivity index (χ0n) is 15.1. The van der Waals surface area contributed by atoms with Gasteiger partial charge < -0.3 is 15.2 Å². The lowest BCUT2D eigenvalue weighted by atomic mass is 10.0. The molecule has 1 aromatic carbocycles. The minimum Gasteiger partial charge on any atom is -0.480 e. The van der Waals surface area contributed by atoms with Gasteiger partial charge in [-0.05, 0) is 18.1 Å². The smallest absolute Gasteiger partial charge is 0.326 e. The second-order valence-electron chi connectivity index (χ2n) is 6.27. The molecule has 1 atom stereocenters. The number of benzene rings is 1. The van der Waals surface area contributed by atoms with E-state index in [1.807, 2.05) is 0 Å². The van der Waals surface area contributed by atoms with Crippen LogP contribution in [0.4, 0.5) is 0 Å². The number of hydrogen-bond donors (Lipinski definition) is 2. The van der Waals surface area contributed by atoms with Crippen LogP contribution in [0.1, 0.15) is 41.0 Å². The molecular weight excluding hydrogens is 356 g/mol. The fourth-order valence-electron chi connectivity index (χ4n) is 2.50. The van der Waals surface area contributed by atoms with Gasteiger partial charge in [0.25, 0.3) is 11.8 Å². The second-order valence-corrected chi connectivity index (χ2v) is 6.27. The van der Waals surface area contributed by atoms with Crippen LogP contribution in [0.2, 0.25) is 0 Å². The molecule has 0 aliphatic carbocycles. The Morgan fingerprint density at radius 3 is 2.19 bits per heavy atom. The molecule has 1 aromatic rings. The Kier molecular flexibility index (Phi) is 7.03. The number of hydroxylamine groups is 2.